The van der Waals surface area contributed by atoms with Crippen molar-refractivity contribution >= 4 is 23.9 Å². The molecular formula is C13H15N3O4. The lowest BCUT2D eigenvalue weighted by Gasteiger charge is -2.10. The average Bonchev–Trinajstić information content (AvgIpc) is 2.42. The van der Waals surface area contributed by atoms with Gasteiger partial charge in [-0.05, 0) is 17.7 Å². The maximum Gasteiger partial charge on any atom is 0.328 e. The van der Waals surface area contributed by atoms with Crippen LogP contribution in [0.25, 0.3) is 6.08 Å². The third kappa shape index (κ3) is 4.89. The van der Waals surface area contributed by atoms with E-state index in [1.54, 1.807) is 14.1 Å². The van der Waals surface area contributed by atoms with Crippen LogP contribution >= 0.6 is 0 Å². The van der Waals surface area contributed by atoms with E-state index < -0.39 is 11.9 Å². The van der Waals surface area contributed by atoms with Crippen LogP contribution in [0.1, 0.15) is 15.9 Å². The molecule has 1 heterocycles. The first kappa shape index (κ1) is 15.4. The molecule has 0 aromatic carbocycles. The summed E-state index contributed by atoms with van der Waals surface area (Å²) in [6, 6.07) is 1.49. The standard InChI is InChI=1S/C13H15N3O4/c1-16(2)11(17)8-15-13(20)10-5-9(6-14-7-10)3-4-12(18)19/h3-7H,8H2,1-2H3,(H,15,20)(H,18,19). The van der Waals surface area contributed by atoms with Gasteiger partial charge in [-0.2, -0.15) is 0 Å². The molecule has 0 bridgehead atoms. The van der Waals surface area contributed by atoms with Gasteiger partial charge in [-0.25, -0.2) is 4.79 Å². The lowest BCUT2D eigenvalue weighted by atomic mass is 10.2. The molecule has 106 valence electrons. The molecule has 1 rings (SSSR count). The molecule has 0 aliphatic carbocycles. The number of rotatable bonds is 5. The van der Waals surface area contributed by atoms with Crippen molar-refractivity contribution in [2.45, 2.75) is 0 Å². The van der Waals surface area contributed by atoms with E-state index in [1.165, 1.54) is 29.4 Å². The number of nitrogens with one attached hydrogen (secondary N) is 1. The molecule has 0 atom stereocenters. The fraction of sp³-hybridized carbons (Fsp3) is 0.231. The van der Waals surface area contributed by atoms with Crippen molar-refractivity contribution in [3.05, 3.63) is 35.7 Å². The first-order chi connectivity index (χ1) is 9.40. The SMILES string of the molecule is CN(C)C(=O)CNC(=O)c1cncc(C=CC(=O)O)c1. The molecule has 0 spiro atoms. The number of hydrogen-bond acceptors (Lipinski definition) is 4. The predicted molar refractivity (Wildman–Crippen MR) is 71.9 cm³/mol. The highest BCUT2D eigenvalue weighted by atomic mass is 16.4. The summed E-state index contributed by atoms with van der Waals surface area (Å²) in [5.74, 6) is -1.76. The number of pyridine rings is 1. The van der Waals surface area contributed by atoms with E-state index in [9.17, 15) is 14.4 Å². The number of carbonyl (C=O) groups is 3. The number of carboxylic acids is 1. The van der Waals surface area contributed by atoms with Gasteiger partial charge < -0.3 is 15.3 Å². The quantitative estimate of drug-likeness (QED) is 0.738. The van der Waals surface area contributed by atoms with Crippen LogP contribution in [0.2, 0.25) is 0 Å². The van der Waals surface area contributed by atoms with Crippen molar-refractivity contribution in [1.82, 2.24) is 15.2 Å². The minimum atomic E-state index is -1.09. The molecule has 1 aromatic heterocycles. The Morgan fingerprint density at radius 3 is 2.65 bits per heavy atom. The molecule has 7 nitrogen and oxygen atoms in total. The maximum absolute atomic E-state index is 11.8. The smallest absolute Gasteiger partial charge is 0.328 e. The maximum atomic E-state index is 11.8. The van der Waals surface area contributed by atoms with Crippen molar-refractivity contribution in [2.75, 3.05) is 20.6 Å². The Bertz CT molecular complexity index is 552. The van der Waals surface area contributed by atoms with Crippen molar-refractivity contribution < 1.29 is 19.5 Å². The summed E-state index contributed by atoms with van der Waals surface area (Å²) in [6.45, 7) is -0.110. The monoisotopic (exact) mass is 277 g/mol. The Balaban J connectivity index is 2.71. The Hall–Kier alpha value is -2.70. The largest absolute Gasteiger partial charge is 0.478 e. The van der Waals surface area contributed by atoms with Crippen molar-refractivity contribution in [3.63, 3.8) is 0 Å². The molecule has 0 aliphatic heterocycles. The Morgan fingerprint density at radius 2 is 2.05 bits per heavy atom. The number of amides is 2. The minimum absolute atomic E-state index is 0.110. The molecule has 0 saturated heterocycles. The molecular weight excluding hydrogens is 262 g/mol. The Labute approximate surface area is 115 Å². The molecule has 0 fully saturated rings. The molecule has 1 aromatic rings. The van der Waals surface area contributed by atoms with E-state index in [-0.39, 0.29) is 18.0 Å². The summed E-state index contributed by atoms with van der Waals surface area (Å²) in [7, 11) is 3.18. The first-order valence-electron chi connectivity index (χ1n) is 5.74. The van der Waals surface area contributed by atoms with Gasteiger partial charge in [0.25, 0.3) is 5.91 Å². The predicted octanol–water partition coefficient (Wildman–Crippen LogP) is -0.00260. The van der Waals surface area contributed by atoms with Crippen LogP contribution in [0, 0.1) is 0 Å². The van der Waals surface area contributed by atoms with Crippen molar-refractivity contribution in [3.8, 4) is 0 Å². The van der Waals surface area contributed by atoms with E-state index in [4.69, 9.17) is 5.11 Å². The molecule has 0 radical (unpaired) electrons. The van der Waals surface area contributed by atoms with E-state index in [0.29, 0.717) is 5.56 Å². The van der Waals surface area contributed by atoms with E-state index in [1.807, 2.05) is 0 Å². The van der Waals surface area contributed by atoms with Crippen LogP contribution in [0.3, 0.4) is 0 Å². The zero-order valence-corrected chi connectivity index (χ0v) is 11.2. The van der Waals surface area contributed by atoms with Crippen LogP contribution in [0.4, 0.5) is 0 Å². The summed E-state index contributed by atoms with van der Waals surface area (Å²) in [6.07, 6.45) is 5.06. The normalized spacial score (nSPS) is 10.3. The highest BCUT2D eigenvalue weighted by molar-refractivity contribution is 5.96. The summed E-state index contributed by atoms with van der Waals surface area (Å²) >= 11 is 0. The van der Waals surface area contributed by atoms with E-state index >= 15 is 0 Å². The topological polar surface area (TPSA) is 99.6 Å². The lowest BCUT2D eigenvalue weighted by molar-refractivity contribution is -0.131. The summed E-state index contributed by atoms with van der Waals surface area (Å²) in [4.78, 5) is 38.8. The third-order valence-electron chi connectivity index (χ3n) is 2.34. The van der Waals surface area contributed by atoms with Crippen LogP contribution in [0.15, 0.2) is 24.5 Å². The minimum Gasteiger partial charge on any atom is -0.478 e. The molecule has 20 heavy (non-hydrogen) atoms. The summed E-state index contributed by atoms with van der Waals surface area (Å²) < 4.78 is 0. The molecule has 0 unspecified atom stereocenters. The molecule has 2 amide bonds. The zero-order chi connectivity index (χ0) is 15.1. The fourth-order valence-electron chi connectivity index (χ4n) is 1.26. The van der Waals surface area contributed by atoms with Gasteiger partial charge in [-0.15, -0.1) is 0 Å². The number of carboxylic acid groups (broad SMARTS) is 1. The van der Waals surface area contributed by atoms with Gasteiger partial charge in [0, 0.05) is 32.6 Å². The van der Waals surface area contributed by atoms with Crippen molar-refractivity contribution in [2.24, 2.45) is 0 Å². The summed E-state index contributed by atoms with van der Waals surface area (Å²) in [5, 5.41) is 11.0. The average molecular weight is 277 g/mol. The van der Waals surface area contributed by atoms with Gasteiger partial charge in [-0.1, -0.05) is 0 Å². The Morgan fingerprint density at radius 1 is 1.35 bits per heavy atom. The van der Waals surface area contributed by atoms with Crippen LogP contribution in [-0.2, 0) is 9.59 Å². The number of aliphatic carboxylic acids is 1. The van der Waals surface area contributed by atoms with Gasteiger partial charge >= 0.3 is 5.97 Å². The molecule has 0 aliphatic rings. The van der Waals surface area contributed by atoms with Crippen LogP contribution < -0.4 is 5.32 Å². The zero-order valence-electron chi connectivity index (χ0n) is 11.2. The fourth-order valence-corrected chi connectivity index (χ4v) is 1.26. The second kappa shape index (κ2) is 7.03. The number of aromatic nitrogens is 1. The molecule has 2 N–H and O–H groups in total. The molecule has 0 saturated carbocycles. The number of hydrogen-bond donors (Lipinski definition) is 2. The molecule has 7 heteroatoms. The second-order valence-corrected chi connectivity index (χ2v) is 4.15. The van der Waals surface area contributed by atoms with Gasteiger partial charge in [-0.3, -0.25) is 14.6 Å². The van der Waals surface area contributed by atoms with E-state index in [2.05, 4.69) is 10.3 Å². The first-order valence-corrected chi connectivity index (χ1v) is 5.74. The number of likely N-dealkylation sites (N-methyl/N-ethyl adjacent to an activating group) is 1. The third-order valence-corrected chi connectivity index (χ3v) is 2.34. The van der Waals surface area contributed by atoms with E-state index in [0.717, 1.165) is 6.08 Å². The van der Waals surface area contributed by atoms with Crippen LogP contribution in [0.5, 0.6) is 0 Å². The van der Waals surface area contributed by atoms with Gasteiger partial charge in [0.1, 0.15) is 0 Å². The highest BCUT2D eigenvalue weighted by Crippen LogP contribution is 2.04. The number of nitrogens with zero attached hydrogens (tertiary/aromatic N) is 2. The van der Waals surface area contributed by atoms with Crippen molar-refractivity contribution in [1.29, 1.82) is 0 Å². The van der Waals surface area contributed by atoms with Crippen LogP contribution in [-0.4, -0.2) is 53.4 Å². The number of carbonyl (C=O) groups excluding carboxylic acids is 2. The second-order valence-electron chi connectivity index (χ2n) is 4.15. The van der Waals surface area contributed by atoms with Gasteiger partial charge in [0.2, 0.25) is 5.91 Å². The summed E-state index contributed by atoms with van der Waals surface area (Å²) in [5.41, 5.74) is 0.739. The van der Waals surface area contributed by atoms with Gasteiger partial charge in [0.05, 0.1) is 12.1 Å². The highest BCUT2D eigenvalue weighted by Gasteiger charge is 2.09. The Kier molecular flexibility index (Phi) is 5.40. The lowest BCUT2D eigenvalue weighted by Crippen LogP contribution is -2.36. The van der Waals surface area contributed by atoms with Gasteiger partial charge in [0.15, 0.2) is 0 Å².